The Morgan fingerprint density at radius 3 is 2.96 bits per heavy atom. The van der Waals surface area contributed by atoms with Gasteiger partial charge in [-0.25, -0.2) is 0 Å². The van der Waals surface area contributed by atoms with Gasteiger partial charge in [-0.3, -0.25) is 5.10 Å². The summed E-state index contributed by atoms with van der Waals surface area (Å²) in [5.74, 6) is 2.42. The van der Waals surface area contributed by atoms with Gasteiger partial charge in [-0.1, -0.05) is 11.6 Å². The number of methoxy groups -OCH3 is 1. The van der Waals surface area contributed by atoms with E-state index in [1.807, 2.05) is 13.0 Å². The lowest BCUT2D eigenvalue weighted by Gasteiger charge is -2.11. The Morgan fingerprint density at radius 2 is 2.30 bits per heavy atom. The summed E-state index contributed by atoms with van der Waals surface area (Å²) in [5.41, 5.74) is 0.792. The molecule has 1 N–H and O–H groups in total. The maximum absolute atomic E-state index is 6.26. The first kappa shape index (κ1) is 16.0. The Balaban J connectivity index is 1.92. The molecule has 0 atom stereocenters. The van der Waals surface area contributed by atoms with Crippen molar-refractivity contribution in [2.45, 2.75) is 25.7 Å². The van der Waals surface area contributed by atoms with E-state index < -0.39 is 0 Å². The van der Waals surface area contributed by atoms with E-state index in [-0.39, 0.29) is 0 Å². The van der Waals surface area contributed by atoms with Gasteiger partial charge in [0.2, 0.25) is 4.77 Å². The lowest BCUT2D eigenvalue weighted by Crippen LogP contribution is -1.99. The van der Waals surface area contributed by atoms with E-state index in [4.69, 9.17) is 33.3 Å². The zero-order chi connectivity index (χ0) is 16.4. The maximum Gasteiger partial charge on any atom is 0.216 e. The average Bonchev–Trinajstić information content (AvgIpc) is 3.31. The molecule has 0 unspecified atom stereocenters. The third kappa shape index (κ3) is 3.40. The Morgan fingerprint density at radius 1 is 1.52 bits per heavy atom. The standard InChI is InChI=1S/C15H17ClN4O2S/c1-3-22-13-11(16)6-9(7-12(13)21-2)8-17-20-14(10-4-5-10)18-19-15(20)23/h6-8,10H,3-5H2,1-2H3,(H,19,23)/b17-8-. The van der Waals surface area contributed by atoms with Crippen molar-refractivity contribution in [2.24, 2.45) is 5.10 Å². The van der Waals surface area contributed by atoms with Crippen LogP contribution >= 0.6 is 23.8 Å². The largest absolute Gasteiger partial charge is 0.493 e. The van der Waals surface area contributed by atoms with Crippen LogP contribution in [0, 0.1) is 4.77 Å². The summed E-state index contributed by atoms with van der Waals surface area (Å²) < 4.78 is 13.0. The fourth-order valence-corrected chi connectivity index (χ4v) is 2.70. The SMILES string of the molecule is CCOc1c(Cl)cc(/C=N\n2c(C3CC3)n[nH]c2=S)cc1OC. The highest BCUT2D eigenvalue weighted by atomic mass is 35.5. The molecule has 6 nitrogen and oxygen atoms in total. The number of aromatic nitrogens is 3. The molecule has 1 aromatic carbocycles. The van der Waals surface area contributed by atoms with Crippen molar-refractivity contribution in [3.63, 3.8) is 0 Å². The van der Waals surface area contributed by atoms with E-state index >= 15 is 0 Å². The third-order valence-electron chi connectivity index (χ3n) is 3.48. The number of ether oxygens (including phenoxy) is 2. The number of nitrogens with zero attached hydrogens (tertiary/aromatic N) is 3. The summed E-state index contributed by atoms with van der Waals surface area (Å²) in [6, 6.07) is 3.60. The number of halogens is 1. The second-order valence-electron chi connectivity index (χ2n) is 5.18. The van der Waals surface area contributed by atoms with Crippen LogP contribution in [0.3, 0.4) is 0 Å². The second-order valence-corrected chi connectivity index (χ2v) is 5.98. The minimum absolute atomic E-state index is 0.443. The van der Waals surface area contributed by atoms with Crippen molar-refractivity contribution in [2.75, 3.05) is 13.7 Å². The van der Waals surface area contributed by atoms with E-state index in [0.29, 0.717) is 33.8 Å². The topological polar surface area (TPSA) is 64.4 Å². The molecule has 1 aliphatic carbocycles. The second kappa shape index (κ2) is 6.72. The molecule has 1 fully saturated rings. The zero-order valence-electron chi connectivity index (χ0n) is 12.9. The highest BCUT2D eigenvalue weighted by Crippen LogP contribution is 2.39. The molecule has 0 aliphatic heterocycles. The van der Waals surface area contributed by atoms with Crippen LogP contribution in [0.5, 0.6) is 11.5 Å². The minimum atomic E-state index is 0.443. The van der Waals surface area contributed by atoms with Crippen molar-refractivity contribution >= 4 is 30.0 Å². The summed E-state index contributed by atoms with van der Waals surface area (Å²) in [6.07, 6.45) is 3.93. The lowest BCUT2D eigenvalue weighted by molar-refractivity contribution is 0.311. The van der Waals surface area contributed by atoms with Crippen LogP contribution in [0.4, 0.5) is 0 Å². The predicted molar refractivity (Wildman–Crippen MR) is 91.6 cm³/mol. The number of H-pyrrole nitrogens is 1. The molecule has 1 aromatic heterocycles. The molecule has 122 valence electrons. The molecule has 1 saturated carbocycles. The van der Waals surface area contributed by atoms with Gasteiger partial charge in [0.1, 0.15) is 0 Å². The molecule has 3 rings (SSSR count). The molecular weight excluding hydrogens is 336 g/mol. The van der Waals surface area contributed by atoms with Crippen LogP contribution in [0.25, 0.3) is 0 Å². The number of hydrogen-bond acceptors (Lipinski definition) is 5. The van der Waals surface area contributed by atoms with Crippen molar-refractivity contribution in [3.05, 3.63) is 33.3 Å². The first-order chi connectivity index (χ1) is 11.1. The van der Waals surface area contributed by atoms with Gasteiger partial charge in [-0.05, 0) is 49.7 Å². The molecule has 0 spiro atoms. The Labute approximate surface area is 144 Å². The summed E-state index contributed by atoms with van der Waals surface area (Å²) >= 11 is 11.5. The molecule has 0 radical (unpaired) electrons. The first-order valence-electron chi connectivity index (χ1n) is 7.36. The van der Waals surface area contributed by atoms with Gasteiger partial charge in [0.15, 0.2) is 17.3 Å². The molecule has 2 aromatic rings. The van der Waals surface area contributed by atoms with Gasteiger partial charge >= 0.3 is 0 Å². The van der Waals surface area contributed by atoms with Crippen molar-refractivity contribution in [1.82, 2.24) is 14.9 Å². The molecule has 0 bridgehead atoms. The highest BCUT2D eigenvalue weighted by molar-refractivity contribution is 7.71. The Bertz CT molecular complexity index is 795. The van der Waals surface area contributed by atoms with Crippen LogP contribution in [0.2, 0.25) is 5.02 Å². The van der Waals surface area contributed by atoms with Gasteiger partial charge in [-0.2, -0.15) is 14.9 Å². The van der Waals surface area contributed by atoms with E-state index in [1.54, 1.807) is 24.1 Å². The molecule has 0 saturated heterocycles. The molecule has 1 heterocycles. The normalized spacial score (nSPS) is 14.4. The summed E-state index contributed by atoms with van der Waals surface area (Å²) in [4.78, 5) is 0. The zero-order valence-corrected chi connectivity index (χ0v) is 14.4. The summed E-state index contributed by atoms with van der Waals surface area (Å²) in [5, 5.41) is 11.9. The van der Waals surface area contributed by atoms with E-state index in [0.717, 1.165) is 24.2 Å². The minimum Gasteiger partial charge on any atom is -0.493 e. The number of benzene rings is 1. The third-order valence-corrected chi connectivity index (χ3v) is 4.03. The van der Waals surface area contributed by atoms with Crippen molar-refractivity contribution in [1.29, 1.82) is 0 Å². The van der Waals surface area contributed by atoms with E-state index in [9.17, 15) is 0 Å². The lowest BCUT2D eigenvalue weighted by atomic mass is 10.2. The van der Waals surface area contributed by atoms with E-state index in [1.165, 1.54) is 0 Å². The quantitative estimate of drug-likeness (QED) is 0.635. The van der Waals surface area contributed by atoms with Crippen molar-refractivity contribution < 1.29 is 9.47 Å². The number of rotatable bonds is 6. The van der Waals surface area contributed by atoms with Crippen molar-refractivity contribution in [3.8, 4) is 11.5 Å². The first-order valence-corrected chi connectivity index (χ1v) is 8.14. The van der Waals surface area contributed by atoms with Crippen LogP contribution in [0.15, 0.2) is 17.2 Å². The average molecular weight is 353 g/mol. The molecule has 1 aliphatic rings. The number of aromatic amines is 1. The fraction of sp³-hybridized carbons (Fsp3) is 0.400. The number of nitrogens with one attached hydrogen (secondary N) is 1. The van der Waals surface area contributed by atoms with Gasteiger partial charge in [0, 0.05) is 5.92 Å². The predicted octanol–water partition coefficient (Wildman–Crippen LogP) is 3.76. The Kier molecular flexibility index (Phi) is 4.68. The van der Waals surface area contributed by atoms with Crippen LogP contribution in [-0.4, -0.2) is 34.8 Å². The van der Waals surface area contributed by atoms with Gasteiger partial charge in [0.25, 0.3) is 0 Å². The van der Waals surface area contributed by atoms with Crippen LogP contribution < -0.4 is 9.47 Å². The van der Waals surface area contributed by atoms with Gasteiger partial charge in [0.05, 0.1) is 25.0 Å². The summed E-state index contributed by atoms with van der Waals surface area (Å²) in [6.45, 7) is 2.41. The maximum atomic E-state index is 6.26. The molecule has 0 amide bonds. The monoisotopic (exact) mass is 352 g/mol. The van der Waals surface area contributed by atoms with Gasteiger partial charge < -0.3 is 9.47 Å². The molecule has 8 heteroatoms. The molecular formula is C15H17ClN4O2S. The Hall–Kier alpha value is -1.86. The van der Waals surface area contributed by atoms with Crippen LogP contribution in [-0.2, 0) is 0 Å². The van der Waals surface area contributed by atoms with E-state index in [2.05, 4.69) is 15.3 Å². The number of hydrogen-bond donors (Lipinski definition) is 1. The molecule has 23 heavy (non-hydrogen) atoms. The van der Waals surface area contributed by atoms with Gasteiger partial charge in [-0.15, -0.1) is 0 Å². The smallest absolute Gasteiger partial charge is 0.216 e. The van der Waals surface area contributed by atoms with Crippen LogP contribution in [0.1, 0.15) is 37.1 Å². The fourth-order valence-electron chi connectivity index (χ4n) is 2.24. The highest BCUT2D eigenvalue weighted by Gasteiger charge is 2.29. The summed E-state index contributed by atoms with van der Waals surface area (Å²) in [7, 11) is 1.58.